The Balaban J connectivity index is 1.85. The molecule has 2 N–H and O–H groups in total. The molecule has 0 saturated carbocycles. The van der Waals surface area contributed by atoms with Gasteiger partial charge in [0.05, 0.1) is 11.1 Å². The zero-order valence-electron chi connectivity index (χ0n) is 12.9. The zero-order chi connectivity index (χ0) is 18.0. The molecule has 0 aliphatic heterocycles. The summed E-state index contributed by atoms with van der Waals surface area (Å²) in [6, 6.07) is 9.21. The van der Waals surface area contributed by atoms with Crippen LogP contribution in [-0.2, 0) is 16.6 Å². The third-order valence-corrected chi connectivity index (χ3v) is 5.85. The van der Waals surface area contributed by atoms with Crippen LogP contribution in [0.2, 0.25) is 5.15 Å². The fraction of sp³-hybridized carbons (Fsp3) is 0.125. The minimum absolute atomic E-state index is 0.159. The molecule has 0 atom stereocenters. The Bertz CT molecular complexity index is 1050. The van der Waals surface area contributed by atoms with E-state index >= 15 is 0 Å². The van der Waals surface area contributed by atoms with Crippen LogP contribution in [0, 0.1) is 3.83 Å². The van der Waals surface area contributed by atoms with Crippen molar-refractivity contribution >= 4 is 61.3 Å². The summed E-state index contributed by atoms with van der Waals surface area (Å²) in [5.41, 5.74) is 7.77. The zero-order valence-corrected chi connectivity index (χ0v) is 16.7. The second-order valence-corrected chi connectivity index (χ2v) is 8.47. The van der Waals surface area contributed by atoms with Gasteiger partial charge in [0.15, 0.2) is 9.48 Å². The van der Waals surface area contributed by atoms with E-state index in [1.54, 1.807) is 18.2 Å². The Morgan fingerprint density at radius 1 is 1.20 bits per heavy atom. The molecule has 0 fully saturated rings. The van der Waals surface area contributed by atoms with Crippen LogP contribution in [0.15, 0.2) is 42.6 Å². The Kier molecular flexibility index (Phi) is 5.42. The molecule has 0 spiro atoms. The van der Waals surface area contributed by atoms with Crippen molar-refractivity contribution in [3.05, 3.63) is 62.7 Å². The predicted octanol–water partition coefficient (Wildman–Crippen LogP) is 3.04. The number of hydrogen-bond donors (Lipinski definition) is 1. The summed E-state index contributed by atoms with van der Waals surface area (Å²) in [5.74, 6) is -0.159. The first-order valence-corrected chi connectivity index (χ1v) is 10.4. The van der Waals surface area contributed by atoms with Gasteiger partial charge < -0.3 is 5.73 Å². The fourth-order valence-corrected chi connectivity index (χ4v) is 4.29. The SMILES string of the molecule is NCc1ccc(C=CCS(=O)(=O)n2ccc3c(Cl)nc(I)nc32)cc1. The Hall–Kier alpha value is -1.49. The van der Waals surface area contributed by atoms with Gasteiger partial charge in [0.2, 0.25) is 10.0 Å². The molecular weight excluding hydrogens is 475 g/mol. The topological polar surface area (TPSA) is 90.9 Å². The number of rotatable bonds is 5. The van der Waals surface area contributed by atoms with E-state index in [9.17, 15) is 8.42 Å². The van der Waals surface area contributed by atoms with Crippen LogP contribution in [0.1, 0.15) is 11.1 Å². The number of nitrogens with zero attached hydrogens (tertiary/aromatic N) is 3. The van der Waals surface area contributed by atoms with Crippen molar-refractivity contribution in [3.8, 4) is 0 Å². The van der Waals surface area contributed by atoms with Crippen LogP contribution in [0.3, 0.4) is 0 Å². The smallest absolute Gasteiger partial charge is 0.243 e. The molecule has 3 rings (SSSR count). The normalized spacial score (nSPS) is 12.3. The summed E-state index contributed by atoms with van der Waals surface area (Å²) in [7, 11) is -3.60. The second kappa shape index (κ2) is 7.40. The van der Waals surface area contributed by atoms with Crippen molar-refractivity contribution in [2.75, 3.05) is 5.75 Å². The molecule has 6 nitrogen and oxygen atoms in total. The lowest BCUT2D eigenvalue weighted by molar-refractivity contribution is 0.592. The highest BCUT2D eigenvalue weighted by Crippen LogP contribution is 2.23. The van der Waals surface area contributed by atoms with E-state index in [1.807, 2.05) is 46.9 Å². The monoisotopic (exact) mass is 488 g/mol. The summed E-state index contributed by atoms with van der Waals surface area (Å²) in [4.78, 5) is 8.21. The van der Waals surface area contributed by atoms with Crippen LogP contribution in [0.25, 0.3) is 17.1 Å². The molecule has 0 aliphatic rings. The van der Waals surface area contributed by atoms with E-state index in [0.29, 0.717) is 15.8 Å². The summed E-state index contributed by atoms with van der Waals surface area (Å²) >= 11 is 7.95. The van der Waals surface area contributed by atoms with Gasteiger partial charge in [0.25, 0.3) is 0 Å². The Labute approximate surface area is 163 Å². The van der Waals surface area contributed by atoms with Gasteiger partial charge in [-0.3, -0.25) is 0 Å². The minimum atomic E-state index is -3.60. The maximum Gasteiger partial charge on any atom is 0.243 e. The highest BCUT2D eigenvalue weighted by atomic mass is 127. The molecule has 1 aromatic carbocycles. The number of aromatic nitrogens is 3. The van der Waals surface area contributed by atoms with E-state index in [0.717, 1.165) is 15.1 Å². The Morgan fingerprint density at radius 3 is 2.60 bits per heavy atom. The van der Waals surface area contributed by atoms with Crippen molar-refractivity contribution in [2.45, 2.75) is 6.54 Å². The molecule has 0 unspecified atom stereocenters. The molecule has 0 bridgehead atoms. The molecule has 2 heterocycles. The molecule has 0 radical (unpaired) electrons. The van der Waals surface area contributed by atoms with Crippen molar-refractivity contribution in [1.29, 1.82) is 0 Å². The molecule has 9 heteroatoms. The number of hydrogen-bond acceptors (Lipinski definition) is 5. The summed E-state index contributed by atoms with van der Waals surface area (Å²) in [6.45, 7) is 0.474. The molecule has 2 aromatic heterocycles. The van der Waals surface area contributed by atoms with E-state index in [2.05, 4.69) is 9.97 Å². The highest BCUT2D eigenvalue weighted by molar-refractivity contribution is 14.1. The number of halogens is 2. The van der Waals surface area contributed by atoms with Crippen molar-refractivity contribution in [1.82, 2.24) is 13.9 Å². The first-order valence-electron chi connectivity index (χ1n) is 7.29. The number of benzene rings is 1. The lowest BCUT2D eigenvalue weighted by Gasteiger charge is -2.05. The maximum atomic E-state index is 12.6. The molecule has 3 aromatic rings. The lowest BCUT2D eigenvalue weighted by atomic mass is 10.1. The average molecular weight is 489 g/mol. The summed E-state index contributed by atoms with van der Waals surface area (Å²) in [5, 5.41) is 0.742. The Morgan fingerprint density at radius 2 is 1.92 bits per heavy atom. The number of nitrogens with two attached hydrogens (primary N) is 1. The molecule has 130 valence electrons. The largest absolute Gasteiger partial charge is 0.326 e. The van der Waals surface area contributed by atoms with Crippen LogP contribution >= 0.6 is 34.2 Å². The highest BCUT2D eigenvalue weighted by Gasteiger charge is 2.17. The average Bonchev–Trinajstić information content (AvgIpc) is 3.00. The maximum absolute atomic E-state index is 12.6. The third kappa shape index (κ3) is 4.02. The van der Waals surface area contributed by atoms with Crippen LogP contribution in [0.4, 0.5) is 0 Å². The van der Waals surface area contributed by atoms with Gasteiger partial charge in [-0.1, -0.05) is 48.0 Å². The summed E-state index contributed by atoms with van der Waals surface area (Å²) < 4.78 is 26.7. The molecule has 0 saturated heterocycles. The van der Waals surface area contributed by atoms with Crippen LogP contribution in [0.5, 0.6) is 0 Å². The van der Waals surface area contributed by atoms with Gasteiger partial charge in [-0.25, -0.2) is 22.4 Å². The van der Waals surface area contributed by atoms with E-state index < -0.39 is 10.0 Å². The molecule has 0 amide bonds. The van der Waals surface area contributed by atoms with E-state index in [-0.39, 0.29) is 16.6 Å². The standard InChI is InChI=1S/C16H14ClIN4O2S/c17-14-13-7-8-22(15(13)21-16(18)20-14)25(23,24)9-1-2-11-3-5-12(10-19)6-4-11/h1-8H,9-10,19H2. The quantitative estimate of drug-likeness (QED) is 0.339. The van der Waals surface area contributed by atoms with Crippen molar-refractivity contribution < 1.29 is 8.42 Å². The van der Waals surface area contributed by atoms with Crippen LogP contribution < -0.4 is 5.73 Å². The molecule has 0 aliphatic carbocycles. The molecular formula is C16H14ClIN4O2S. The van der Waals surface area contributed by atoms with Gasteiger partial charge in [-0.05, 0) is 17.2 Å². The van der Waals surface area contributed by atoms with Gasteiger partial charge in [0, 0.05) is 35.3 Å². The third-order valence-electron chi connectivity index (χ3n) is 3.57. The molecule has 25 heavy (non-hydrogen) atoms. The summed E-state index contributed by atoms with van der Waals surface area (Å²) in [6.07, 6.45) is 4.81. The second-order valence-electron chi connectivity index (χ2n) is 5.26. The van der Waals surface area contributed by atoms with Gasteiger partial charge >= 0.3 is 0 Å². The lowest BCUT2D eigenvalue weighted by Crippen LogP contribution is -2.15. The van der Waals surface area contributed by atoms with Gasteiger partial charge in [0.1, 0.15) is 5.15 Å². The number of fused-ring (bicyclic) bond motifs is 1. The fourth-order valence-electron chi connectivity index (χ4n) is 2.31. The minimum Gasteiger partial charge on any atom is -0.326 e. The predicted molar refractivity (Wildman–Crippen MR) is 108 cm³/mol. The van der Waals surface area contributed by atoms with Crippen LogP contribution in [-0.4, -0.2) is 28.1 Å². The van der Waals surface area contributed by atoms with Gasteiger partial charge in [-0.15, -0.1) is 0 Å². The van der Waals surface area contributed by atoms with Crippen molar-refractivity contribution in [2.24, 2.45) is 5.73 Å². The van der Waals surface area contributed by atoms with Gasteiger partial charge in [-0.2, -0.15) is 0 Å². The van der Waals surface area contributed by atoms with E-state index in [1.165, 1.54) is 6.20 Å². The first kappa shape index (κ1) is 18.3. The first-order chi connectivity index (χ1) is 11.9. The van der Waals surface area contributed by atoms with E-state index in [4.69, 9.17) is 17.3 Å². The van der Waals surface area contributed by atoms with Crippen molar-refractivity contribution in [3.63, 3.8) is 0 Å².